The van der Waals surface area contributed by atoms with Crippen LogP contribution in [-0.2, 0) is 31.0 Å². The van der Waals surface area contributed by atoms with E-state index in [2.05, 4.69) is 52.0 Å². The molecule has 338 valence electrons. The first-order valence-corrected chi connectivity index (χ1v) is 20.8. The second-order valence-corrected chi connectivity index (χ2v) is 16.7. The van der Waals surface area contributed by atoms with Crippen LogP contribution in [0.25, 0.3) is 22.5 Å². The number of carbonyl (C=O) groups excluding carboxylic acids is 5. The van der Waals surface area contributed by atoms with Gasteiger partial charge >= 0.3 is 0 Å². The van der Waals surface area contributed by atoms with E-state index in [9.17, 15) is 34.2 Å². The summed E-state index contributed by atoms with van der Waals surface area (Å²) in [6.07, 6.45) is -0.202. The highest BCUT2D eigenvalue weighted by Gasteiger charge is 2.36. The molecule has 0 aliphatic carbocycles. The predicted molar refractivity (Wildman–Crippen MR) is 238 cm³/mol. The molecule has 18 heteroatoms. The fourth-order valence-electron chi connectivity index (χ4n) is 7.43. The van der Waals surface area contributed by atoms with Crippen molar-refractivity contribution in [2.24, 2.45) is 11.5 Å². The molecule has 0 radical (unpaired) electrons. The summed E-state index contributed by atoms with van der Waals surface area (Å²) in [6, 6.07) is 11.4. The molecule has 0 saturated carbocycles. The number of benzene rings is 3. The smallest absolute Gasteiger partial charge is 0.255 e. The van der Waals surface area contributed by atoms with Crippen LogP contribution >= 0.6 is 0 Å². The van der Waals surface area contributed by atoms with E-state index in [1.807, 2.05) is 30.3 Å². The molecule has 1 aromatic heterocycles. The topological polar surface area (TPSA) is 288 Å². The van der Waals surface area contributed by atoms with Gasteiger partial charge in [-0.3, -0.25) is 24.0 Å². The van der Waals surface area contributed by atoms with Gasteiger partial charge in [-0.2, -0.15) is 5.26 Å². The van der Waals surface area contributed by atoms with Gasteiger partial charge in [-0.05, 0) is 80.1 Å². The van der Waals surface area contributed by atoms with Crippen molar-refractivity contribution in [3.8, 4) is 45.8 Å². The summed E-state index contributed by atoms with van der Waals surface area (Å²) in [5.41, 5.74) is 15.0. The second-order valence-electron chi connectivity index (χ2n) is 16.7. The molecule has 0 spiro atoms. The zero-order valence-electron chi connectivity index (χ0n) is 37.0. The molecular weight excluding hydrogens is 821 g/mol. The number of fused-ring (bicyclic) bond motifs is 5. The van der Waals surface area contributed by atoms with Crippen LogP contribution in [0.1, 0.15) is 78.6 Å². The molecule has 4 aromatic rings. The summed E-state index contributed by atoms with van der Waals surface area (Å²) in [5, 5.41) is 42.3. The van der Waals surface area contributed by atoms with Crippen LogP contribution in [0.15, 0.2) is 54.6 Å². The van der Waals surface area contributed by atoms with Crippen LogP contribution in [0.3, 0.4) is 0 Å². The maximum Gasteiger partial charge on any atom is 0.255 e. The number of aromatic hydroxyl groups is 2. The van der Waals surface area contributed by atoms with E-state index >= 15 is 0 Å². The Hall–Kier alpha value is -7.10. The third-order valence-electron chi connectivity index (χ3n) is 10.9. The number of rotatable bonds is 12. The first-order valence-electron chi connectivity index (χ1n) is 20.8. The number of aromatic nitrogens is 2. The van der Waals surface area contributed by atoms with E-state index in [0.29, 0.717) is 22.8 Å². The van der Waals surface area contributed by atoms with Crippen LogP contribution in [0.2, 0.25) is 0 Å². The monoisotopic (exact) mass is 876 g/mol. The minimum absolute atomic E-state index is 0.0117. The van der Waals surface area contributed by atoms with Crippen LogP contribution in [0.4, 0.5) is 0 Å². The van der Waals surface area contributed by atoms with Gasteiger partial charge in [-0.15, -0.1) is 0 Å². The standard InChI is InChI=1S/C46H56N10O8/c1-24-37(25(2)52-40(51-24)28-8-11-30(12-9-28)46(4,5)6)43(61)54-33(14-15-47)45(63)56(7)38-29-10-13-35(57)31(23-29)32-20-27(22-36(39(32)58)64-19-17-49)21-34(42(60)50-18-16-48)55-41(59)26(3)53-44(38)62/h8-13,20,22-23,26,33-34,38,57-58H,14-15,17-19,21,47,49H2,1-7H3,(H,50,60)(H,53,62)(H,54,61)(H,55,59)/t26-,33-,34+,38?/m1/s1. The Kier molecular flexibility index (Phi) is 15.3. The van der Waals surface area contributed by atoms with E-state index in [1.165, 1.54) is 44.3 Å². The van der Waals surface area contributed by atoms with Crippen LogP contribution in [-0.4, -0.2) is 106 Å². The highest BCUT2D eigenvalue weighted by molar-refractivity contribution is 6.00. The van der Waals surface area contributed by atoms with Gasteiger partial charge < -0.3 is 52.6 Å². The zero-order valence-corrected chi connectivity index (χ0v) is 37.0. The molecule has 3 aromatic carbocycles. The molecule has 4 bridgehead atoms. The lowest BCUT2D eigenvalue weighted by Crippen LogP contribution is -2.56. The van der Waals surface area contributed by atoms with Crippen molar-refractivity contribution in [1.82, 2.24) is 36.1 Å². The molecule has 0 fully saturated rings. The molecule has 64 heavy (non-hydrogen) atoms. The van der Waals surface area contributed by atoms with Crippen molar-refractivity contribution >= 4 is 29.5 Å². The number of phenolic OH excluding ortho intramolecular Hbond substituents is 2. The average Bonchev–Trinajstić information content (AvgIpc) is 3.24. The van der Waals surface area contributed by atoms with Crippen molar-refractivity contribution in [2.45, 2.75) is 84.0 Å². The van der Waals surface area contributed by atoms with Crippen molar-refractivity contribution in [3.63, 3.8) is 0 Å². The number of aryl methyl sites for hydroxylation is 2. The lowest BCUT2D eigenvalue weighted by Gasteiger charge is -2.32. The third-order valence-corrected chi connectivity index (χ3v) is 10.9. The number of nitrogens with zero attached hydrogens (tertiary/aromatic N) is 4. The van der Waals surface area contributed by atoms with Crippen molar-refractivity contribution in [3.05, 3.63) is 88.2 Å². The largest absolute Gasteiger partial charge is 0.507 e. The minimum Gasteiger partial charge on any atom is -0.507 e. The van der Waals surface area contributed by atoms with E-state index in [1.54, 1.807) is 13.8 Å². The molecule has 0 saturated heterocycles. The number of hydrogen-bond donors (Lipinski definition) is 8. The summed E-state index contributed by atoms with van der Waals surface area (Å²) in [6.45, 7) is 10.8. The van der Waals surface area contributed by atoms with Gasteiger partial charge in [0.15, 0.2) is 17.3 Å². The number of carbonyl (C=O) groups is 5. The van der Waals surface area contributed by atoms with E-state index in [0.717, 1.165) is 16.0 Å². The summed E-state index contributed by atoms with van der Waals surface area (Å²) in [7, 11) is 1.34. The van der Waals surface area contributed by atoms with Gasteiger partial charge in [0.1, 0.15) is 43.1 Å². The van der Waals surface area contributed by atoms with Crippen LogP contribution in [0.5, 0.6) is 17.2 Å². The molecule has 10 N–H and O–H groups in total. The van der Waals surface area contributed by atoms with Gasteiger partial charge in [0.2, 0.25) is 23.6 Å². The predicted octanol–water partition coefficient (Wildman–Crippen LogP) is 2.31. The summed E-state index contributed by atoms with van der Waals surface area (Å²) >= 11 is 0. The normalized spacial score (nSPS) is 16.8. The first-order chi connectivity index (χ1) is 30.3. The molecule has 18 nitrogen and oxygen atoms in total. The Labute approximate surface area is 371 Å². The Morgan fingerprint density at radius 1 is 0.969 bits per heavy atom. The minimum atomic E-state index is -1.51. The number of nitrogens with two attached hydrogens (primary N) is 2. The number of nitrogens with one attached hydrogen (secondary N) is 4. The Morgan fingerprint density at radius 2 is 1.64 bits per heavy atom. The molecule has 2 heterocycles. The van der Waals surface area contributed by atoms with Gasteiger partial charge in [-0.25, -0.2) is 9.97 Å². The highest BCUT2D eigenvalue weighted by atomic mass is 16.5. The number of amides is 5. The van der Waals surface area contributed by atoms with E-state index in [-0.39, 0.29) is 78.3 Å². The number of hydrogen-bond acceptors (Lipinski definition) is 13. The number of ether oxygens (including phenoxy) is 1. The fourth-order valence-corrected chi connectivity index (χ4v) is 7.43. The first kappa shape index (κ1) is 47.9. The van der Waals surface area contributed by atoms with Gasteiger partial charge in [-0.1, -0.05) is 51.1 Å². The third kappa shape index (κ3) is 10.9. The molecule has 5 rings (SSSR count). The summed E-state index contributed by atoms with van der Waals surface area (Å²) in [4.78, 5) is 80.3. The molecule has 1 aliphatic heterocycles. The molecule has 5 amide bonds. The maximum atomic E-state index is 14.6. The Bertz CT molecular complexity index is 2440. The molecular formula is C46H56N10O8. The average molecular weight is 877 g/mol. The zero-order chi connectivity index (χ0) is 47.0. The van der Waals surface area contributed by atoms with Gasteiger partial charge in [0, 0.05) is 36.7 Å². The summed E-state index contributed by atoms with van der Waals surface area (Å²) in [5.74, 6) is -4.04. The lowest BCUT2D eigenvalue weighted by atomic mass is 9.86. The number of nitriles is 1. The summed E-state index contributed by atoms with van der Waals surface area (Å²) < 4.78 is 5.74. The maximum absolute atomic E-state index is 14.6. The van der Waals surface area contributed by atoms with Gasteiger partial charge in [0.25, 0.3) is 5.91 Å². The Balaban J connectivity index is 1.54. The molecule has 4 atom stereocenters. The number of phenols is 2. The quantitative estimate of drug-likeness (QED) is 0.0950. The van der Waals surface area contributed by atoms with Crippen LogP contribution in [0, 0.1) is 25.2 Å². The molecule has 1 unspecified atom stereocenters. The lowest BCUT2D eigenvalue weighted by molar-refractivity contribution is -0.141. The Morgan fingerprint density at radius 3 is 2.25 bits per heavy atom. The van der Waals surface area contributed by atoms with Crippen LogP contribution < -0.4 is 37.5 Å². The van der Waals surface area contributed by atoms with Crippen molar-refractivity contribution in [1.29, 1.82) is 5.26 Å². The highest BCUT2D eigenvalue weighted by Crippen LogP contribution is 2.43. The van der Waals surface area contributed by atoms with Crippen molar-refractivity contribution < 1.29 is 38.9 Å². The number of likely N-dealkylation sites (N-methyl/N-ethyl adjacent to an activating group) is 1. The van der Waals surface area contributed by atoms with E-state index < -0.39 is 59.5 Å². The van der Waals surface area contributed by atoms with Gasteiger partial charge in [0.05, 0.1) is 23.0 Å². The van der Waals surface area contributed by atoms with E-state index in [4.69, 9.17) is 21.5 Å². The SMILES string of the molecule is Cc1nc(-c2ccc(C(C)(C)C)cc2)nc(C)c1C(=O)N[C@H](CCN)C(=O)N(C)C1C(=O)N[C@H](C)C(=O)N[C@H](C(=O)NCC#N)Cc2cc(OCCN)c(O)c(c2)-c2cc1ccc2O. The fraction of sp³-hybridized carbons (Fsp3) is 0.391. The van der Waals surface area contributed by atoms with Crippen molar-refractivity contribution in [2.75, 3.05) is 33.3 Å². The second kappa shape index (κ2) is 20.4. The molecule has 1 aliphatic rings.